The van der Waals surface area contributed by atoms with Crippen LogP contribution in [0.4, 0.5) is 15.8 Å². The second-order valence-electron chi connectivity index (χ2n) is 5.43. The third kappa shape index (κ3) is 4.39. The quantitative estimate of drug-likeness (QED) is 0.492. The third-order valence-electron chi connectivity index (χ3n) is 3.80. The second-order valence-corrected chi connectivity index (χ2v) is 5.43. The number of rotatable bonds is 6. The Morgan fingerprint density at radius 3 is 2.76 bits per heavy atom. The zero-order valence-electron chi connectivity index (χ0n) is 12.2. The SMILES string of the molecule is Cc1cc(NCCOC2CCCCC2)c([N+](=O)[O-])cc1F. The number of nitrogens with zero attached hydrogens (tertiary/aromatic N) is 1. The summed E-state index contributed by atoms with van der Waals surface area (Å²) in [5.74, 6) is -0.564. The number of benzene rings is 1. The van der Waals surface area contributed by atoms with E-state index in [0.29, 0.717) is 30.5 Å². The van der Waals surface area contributed by atoms with Crippen LogP contribution in [0.1, 0.15) is 37.7 Å². The van der Waals surface area contributed by atoms with Gasteiger partial charge in [0.05, 0.1) is 23.7 Å². The zero-order valence-corrected chi connectivity index (χ0v) is 12.2. The van der Waals surface area contributed by atoms with E-state index in [1.807, 2.05) is 0 Å². The molecule has 2 rings (SSSR count). The molecule has 0 bridgehead atoms. The Morgan fingerprint density at radius 1 is 1.38 bits per heavy atom. The van der Waals surface area contributed by atoms with Crippen LogP contribution in [-0.4, -0.2) is 24.2 Å². The van der Waals surface area contributed by atoms with Gasteiger partial charge in [-0.1, -0.05) is 19.3 Å². The first-order valence-corrected chi connectivity index (χ1v) is 7.38. The molecule has 0 amide bonds. The first-order chi connectivity index (χ1) is 10.1. The van der Waals surface area contributed by atoms with Gasteiger partial charge in [-0.05, 0) is 31.4 Å². The van der Waals surface area contributed by atoms with E-state index in [9.17, 15) is 14.5 Å². The number of nitro groups is 1. The topological polar surface area (TPSA) is 64.4 Å². The molecule has 1 aliphatic carbocycles. The van der Waals surface area contributed by atoms with Crippen LogP contribution in [0.15, 0.2) is 12.1 Å². The van der Waals surface area contributed by atoms with Gasteiger partial charge < -0.3 is 10.1 Å². The van der Waals surface area contributed by atoms with Crippen molar-refractivity contribution in [1.29, 1.82) is 0 Å². The lowest BCUT2D eigenvalue weighted by Gasteiger charge is -2.22. The molecule has 21 heavy (non-hydrogen) atoms. The Morgan fingerprint density at radius 2 is 2.10 bits per heavy atom. The number of nitrogens with one attached hydrogen (secondary N) is 1. The van der Waals surface area contributed by atoms with E-state index in [4.69, 9.17) is 4.74 Å². The summed E-state index contributed by atoms with van der Waals surface area (Å²) in [6.45, 7) is 2.56. The molecule has 0 aliphatic heterocycles. The van der Waals surface area contributed by atoms with Crippen LogP contribution in [0, 0.1) is 22.9 Å². The molecular weight excluding hydrogens is 275 g/mol. The molecule has 0 spiro atoms. The number of anilines is 1. The van der Waals surface area contributed by atoms with E-state index in [2.05, 4.69) is 5.32 Å². The monoisotopic (exact) mass is 296 g/mol. The molecule has 1 aliphatic rings. The highest BCUT2D eigenvalue weighted by Crippen LogP contribution is 2.27. The fourth-order valence-corrected chi connectivity index (χ4v) is 2.61. The number of ether oxygens (including phenoxy) is 1. The van der Waals surface area contributed by atoms with E-state index in [-0.39, 0.29) is 5.69 Å². The summed E-state index contributed by atoms with van der Waals surface area (Å²) in [6.07, 6.45) is 6.19. The molecule has 1 fully saturated rings. The van der Waals surface area contributed by atoms with Gasteiger partial charge in [0.25, 0.3) is 5.69 Å². The van der Waals surface area contributed by atoms with Crippen molar-refractivity contribution >= 4 is 11.4 Å². The first-order valence-electron chi connectivity index (χ1n) is 7.38. The van der Waals surface area contributed by atoms with E-state index in [0.717, 1.165) is 18.9 Å². The maximum absolute atomic E-state index is 13.4. The Labute approximate surface area is 123 Å². The minimum atomic E-state index is -0.577. The average Bonchev–Trinajstić information content (AvgIpc) is 2.47. The molecule has 0 aromatic heterocycles. The zero-order chi connectivity index (χ0) is 15.2. The fraction of sp³-hybridized carbons (Fsp3) is 0.600. The lowest BCUT2D eigenvalue weighted by Crippen LogP contribution is -2.20. The van der Waals surface area contributed by atoms with E-state index in [1.165, 1.54) is 25.3 Å². The molecule has 0 radical (unpaired) electrons. The Kier molecular flexibility index (Phi) is 5.50. The molecule has 6 heteroatoms. The van der Waals surface area contributed by atoms with Crippen LogP contribution in [0.3, 0.4) is 0 Å². The number of halogens is 1. The summed E-state index contributed by atoms with van der Waals surface area (Å²) in [4.78, 5) is 10.4. The van der Waals surface area contributed by atoms with Gasteiger partial charge in [0.2, 0.25) is 0 Å². The molecule has 0 heterocycles. The summed E-state index contributed by atoms with van der Waals surface area (Å²) in [5.41, 5.74) is 0.484. The molecular formula is C15H21FN2O3. The van der Waals surface area contributed by atoms with Crippen LogP contribution in [0.2, 0.25) is 0 Å². The Bertz CT molecular complexity index is 502. The predicted octanol–water partition coefficient (Wildman–Crippen LogP) is 3.80. The molecule has 0 saturated heterocycles. The molecule has 1 aromatic carbocycles. The number of nitro benzene ring substituents is 1. The summed E-state index contributed by atoms with van der Waals surface area (Å²) < 4.78 is 19.1. The normalized spacial score (nSPS) is 15.9. The maximum atomic E-state index is 13.4. The molecule has 0 atom stereocenters. The highest BCUT2D eigenvalue weighted by Gasteiger charge is 2.17. The van der Waals surface area contributed by atoms with Gasteiger partial charge >= 0.3 is 0 Å². The summed E-state index contributed by atoms with van der Waals surface area (Å²) in [6, 6.07) is 2.42. The Balaban J connectivity index is 1.87. The van der Waals surface area contributed by atoms with Crippen molar-refractivity contribution in [1.82, 2.24) is 0 Å². The van der Waals surface area contributed by atoms with E-state index >= 15 is 0 Å². The van der Waals surface area contributed by atoms with Crippen LogP contribution in [0.25, 0.3) is 0 Å². The number of aryl methyl sites for hydroxylation is 1. The minimum absolute atomic E-state index is 0.240. The highest BCUT2D eigenvalue weighted by atomic mass is 19.1. The second kappa shape index (κ2) is 7.36. The van der Waals surface area contributed by atoms with Gasteiger partial charge in [0, 0.05) is 6.54 Å². The number of hydrogen-bond donors (Lipinski definition) is 1. The van der Waals surface area contributed by atoms with Gasteiger partial charge in [-0.25, -0.2) is 4.39 Å². The van der Waals surface area contributed by atoms with Crippen molar-refractivity contribution in [2.45, 2.75) is 45.1 Å². The van der Waals surface area contributed by atoms with Gasteiger partial charge in [-0.3, -0.25) is 10.1 Å². The van der Waals surface area contributed by atoms with Crippen LogP contribution < -0.4 is 5.32 Å². The molecule has 1 saturated carbocycles. The summed E-state index contributed by atoms with van der Waals surface area (Å²) in [7, 11) is 0. The summed E-state index contributed by atoms with van der Waals surface area (Å²) in [5, 5.41) is 13.9. The van der Waals surface area contributed by atoms with Crippen LogP contribution in [0.5, 0.6) is 0 Å². The summed E-state index contributed by atoms with van der Waals surface area (Å²) >= 11 is 0. The predicted molar refractivity (Wildman–Crippen MR) is 79.1 cm³/mol. The number of hydrogen-bond acceptors (Lipinski definition) is 4. The Hall–Kier alpha value is -1.69. The van der Waals surface area contributed by atoms with E-state index in [1.54, 1.807) is 6.92 Å². The maximum Gasteiger partial charge on any atom is 0.295 e. The van der Waals surface area contributed by atoms with Crippen LogP contribution >= 0.6 is 0 Å². The average molecular weight is 296 g/mol. The van der Waals surface area contributed by atoms with E-state index < -0.39 is 10.7 Å². The van der Waals surface area contributed by atoms with Gasteiger partial charge in [-0.2, -0.15) is 0 Å². The van der Waals surface area contributed by atoms with Crippen LogP contribution in [-0.2, 0) is 4.74 Å². The third-order valence-corrected chi connectivity index (χ3v) is 3.80. The molecule has 116 valence electrons. The van der Waals surface area contributed by atoms with Crippen molar-refractivity contribution in [3.63, 3.8) is 0 Å². The standard InChI is InChI=1S/C15H21FN2O3/c1-11-9-14(15(18(19)20)10-13(11)16)17-7-8-21-12-5-3-2-4-6-12/h9-10,12,17H,2-8H2,1H3. The van der Waals surface area contributed by atoms with Crippen molar-refractivity contribution in [2.24, 2.45) is 0 Å². The highest BCUT2D eigenvalue weighted by molar-refractivity contribution is 5.63. The van der Waals surface area contributed by atoms with Crippen molar-refractivity contribution in [2.75, 3.05) is 18.5 Å². The largest absolute Gasteiger partial charge is 0.377 e. The van der Waals surface area contributed by atoms with Crippen molar-refractivity contribution in [3.8, 4) is 0 Å². The van der Waals surface area contributed by atoms with Crippen molar-refractivity contribution in [3.05, 3.63) is 33.6 Å². The first kappa shape index (κ1) is 15.7. The van der Waals surface area contributed by atoms with Gasteiger partial charge in [0.15, 0.2) is 0 Å². The minimum Gasteiger partial charge on any atom is -0.377 e. The lowest BCUT2D eigenvalue weighted by atomic mass is 9.98. The lowest BCUT2D eigenvalue weighted by molar-refractivity contribution is -0.384. The van der Waals surface area contributed by atoms with Gasteiger partial charge in [0.1, 0.15) is 11.5 Å². The van der Waals surface area contributed by atoms with Crippen molar-refractivity contribution < 1.29 is 14.1 Å². The molecule has 5 nitrogen and oxygen atoms in total. The smallest absolute Gasteiger partial charge is 0.295 e. The fourth-order valence-electron chi connectivity index (χ4n) is 2.61. The van der Waals surface area contributed by atoms with Gasteiger partial charge in [-0.15, -0.1) is 0 Å². The molecule has 0 unspecified atom stereocenters. The molecule has 1 aromatic rings. The molecule has 1 N–H and O–H groups in total.